The summed E-state index contributed by atoms with van der Waals surface area (Å²) in [5, 5.41) is 4.06. The number of hydrogen-bond acceptors (Lipinski definition) is 5. The number of pyridine rings is 1. The third-order valence-electron chi connectivity index (χ3n) is 7.10. The first-order valence-electron chi connectivity index (χ1n) is 10.6. The maximum atomic E-state index is 12.5. The van der Waals surface area contributed by atoms with Crippen molar-refractivity contribution in [2.75, 3.05) is 6.54 Å². The lowest BCUT2D eigenvalue weighted by atomic mass is 9.89. The molecule has 1 N–H and O–H groups in total. The molecule has 2 aromatic heterocycles. The number of nitrogens with zero attached hydrogens (tertiary/aromatic N) is 2. The van der Waals surface area contributed by atoms with Crippen LogP contribution in [-0.4, -0.2) is 22.4 Å². The van der Waals surface area contributed by atoms with Crippen LogP contribution < -0.4 is 10.1 Å². The first-order chi connectivity index (χ1) is 14.7. The average Bonchev–Trinajstić information content (AvgIpc) is 3.19. The Balaban J connectivity index is 1.07. The van der Waals surface area contributed by atoms with Crippen LogP contribution in [0.15, 0.2) is 59.4 Å². The van der Waals surface area contributed by atoms with E-state index in [9.17, 15) is 4.79 Å². The van der Waals surface area contributed by atoms with Crippen LogP contribution in [0, 0.1) is 23.2 Å². The Morgan fingerprint density at radius 1 is 1.23 bits per heavy atom. The molecule has 3 aliphatic carbocycles. The van der Waals surface area contributed by atoms with Gasteiger partial charge >= 0.3 is 0 Å². The van der Waals surface area contributed by atoms with Crippen molar-refractivity contribution in [2.24, 2.45) is 23.2 Å². The number of fused-ring (bicyclic) bond motifs is 1. The zero-order valence-electron chi connectivity index (χ0n) is 16.6. The van der Waals surface area contributed by atoms with Gasteiger partial charge in [-0.15, -0.1) is 0 Å². The van der Waals surface area contributed by atoms with Gasteiger partial charge in [-0.3, -0.25) is 9.78 Å². The standard InChI is InChI=1S/C24H23N3O3/c28-23(26-12-16-11-17-6-7-18(16)24(17)8-9-24)19-13-30-21(27-19)14-29-20-5-1-3-15-4-2-10-25-22(15)20/h1-7,10,13,16-18H,8-9,11-12,14H2,(H,26,28)/t16-,17-,18-/m0/s1. The number of para-hydroxylation sites is 1. The van der Waals surface area contributed by atoms with Gasteiger partial charge in [0.15, 0.2) is 12.3 Å². The van der Waals surface area contributed by atoms with Crippen LogP contribution in [0.2, 0.25) is 0 Å². The van der Waals surface area contributed by atoms with Gasteiger partial charge in [-0.05, 0) is 54.6 Å². The first-order valence-corrected chi connectivity index (χ1v) is 10.6. The Morgan fingerprint density at radius 2 is 2.13 bits per heavy atom. The van der Waals surface area contributed by atoms with E-state index in [-0.39, 0.29) is 12.5 Å². The number of ether oxygens (including phenoxy) is 1. The summed E-state index contributed by atoms with van der Waals surface area (Å²) in [6.07, 6.45) is 11.8. The highest BCUT2D eigenvalue weighted by Gasteiger charge is 2.62. The fourth-order valence-corrected chi connectivity index (χ4v) is 5.48. The third kappa shape index (κ3) is 2.82. The van der Waals surface area contributed by atoms with E-state index in [1.54, 1.807) is 6.20 Å². The molecule has 3 atom stereocenters. The summed E-state index contributed by atoms with van der Waals surface area (Å²) in [5.74, 6) is 2.75. The molecule has 2 saturated carbocycles. The monoisotopic (exact) mass is 401 g/mol. The van der Waals surface area contributed by atoms with Crippen molar-refractivity contribution in [3.63, 3.8) is 0 Å². The highest BCUT2D eigenvalue weighted by molar-refractivity contribution is 5.91. The third-order valence-corrected chi connectivity index (χ3v) is 7.10. The minimum absolute atomic E-state index is 0.142. The predicted molar refractivity (Wildman–Crippen MR) is 111 cm³/mol. The molecule has 0 unspecified atom stereocenters. The second-order valence-corrected chi connectivity index (χ2v) is 8.70. The van der Waals surface area contributed by atoms with Crippen molar-refractivity contribution in [1.82, 2.24) is 15.3 Å². The molecule has 2 fully saturated rings. The number of aromatic nitrogens is 2. The molecule has 3 aromatic rings. The Morgan fingerprint density at radius 3 is 3.00 bits per heavy atom. The molecule has 6 nitrogen and oxygen atoms in total. The number of hydrogen-bond donors (Lipinski definition) is 1. The van der Waals surface area contributed by atoms with Gasteiger partial charge in [-0.25, -0.2) is 4.98 Å². The molecule has 2 bridgehead atoms. The van der Waals surface area contributed by atoms with E-state index in [0.29, 0.717) is 41.1 Å². The summed E-state index contributed by atoms with van der Waals surface area (Å²) in [6, 6.07) is 9.65. The largest absolute Gasteiger partial charge is 0.482 e. The Labute approximate surface area is 174 Å². The molecule has 6 rings (SSSR count). The Hall–Kier alpha value is -3.15. The van der Waals surface area contributed by atoms with Crippen LogP contribution in [-0.2, 0) is 6.61 Å². The molecule has 1 spiro atoms. The molecule has 152 valence electrons. The van der Waals surface area contributed by atoms with Crippen LogP contribution in [0.5, 0.6) is 5.75 Å². The Bertz CT molecular complexity index is 1140. The second kappa shape index (κ2) is 6.69. The fourth-order valence-electron chi connectivity index (χ4n) is 5.48. The predicted octanol–water partition coefficient (Wildman–Crippen LogP) is 4.13. The summed E-state index contributed by atoms with van der Waals surface area (Å²) >= 11 is 0. The second-order valence-electron chi connectivity index (χ2n) is 8.70. The van der Waals surface area contributed by atoms with E-state index in [4.69, 9.17) is 9.15 Å². The van der Waals surface area contributed by atoms with Gasteiger partial charge in [0.1, 0.15) is 17.5 Å². The van der Waals surface area contributed by atoms with E-state index < -0.39 is 0 Å². The topological polar surface area (TPSA) is 77.2 Å². The van der Waals surface area contributed by atoms with Crippen molar-refractivity contribution in [2.45, 2.75) is 25.9 Å². The number of benzene rings is 1. The molecule has 0 aliphatic heterocycles. The van der Waals surface area contributed by atoms with Crippen LogP contribution in [0.25, 0.3) is 10.9 Å². The van der Waals surface area contributed by atoms with Crippen LogP contribution in [0.1, 0.15) is 35.6 Å². The smallest absolute Gasteiger partial charge is 0.273 e. The molecule has 3 aliphatic rings. The summed E-state index contributed by atoms with van der Waals surface area (Å²) in [5.41, 5.74) is 1.63. The molecule has 6 heteroatoms. The van der Waals surface area contributed by atoms with Crippen molar-refractivity contribution in [3.8, 4) is 5.75 Å². The van der Waals surface area contributed by atoms with Crippen LogP contribution >= 0.6 is 0 Å². The Kier molecular flexibility index (Phi) is 3.94. The minimum Gasteiger partial charge on any atom is -0.482 e. The van der Waals surface area contributed by atoms with Gasteiger partial charge in [-0.2, -0.15) is 0 Å². The van der Waals surface area contributed by atoms with E-state index in [0.717, 1.165) is 16.8 Å². The van der Waals surface area contributed by atoms with Gasteiger partial charge in [-0.1, -0.05) is 30.4 Å². The van der Waals surface area contributed by atoms with Gasteiger partial charge in [0.2, 0.25) is 5.89 Å². The van der Waals surface area contributed by atoms with Crippen LogP contribution in [0.4, 0.5) is 0 Å². The van der Waals surface area contributed by atoms with Gasteiger partial charge < -0.3 is 14.5 Å². The van der Waals surface area contributed by atoms with Gasteiger partial charge in [0, 0.05) is 18.1 Å². The number of carbonyl (C=O) groups excluding carboxylic acids is 1. The van der Waals surface area contributed by atoms with Crippen molar-refractivity contribution < 1.29 is 13.9 Å². The van der Waals surface area contributed by atoms with E-state index in [1.807, 2.05) is 30.3 Å². The maximum Gasteiger partial charge on any atom is 0.273 e. The quantitative estimate of drug-likeness (QED) is 0.629. The lowest BCUT2D eigenvalue weighted by molar-refractivity contribution is 0.0939. The van der Waals surface area contributed by atoms with Crippen molar-refractivity contribution in [1.29, 1.82) is 0 Å². The molecule has 0 radical (unpaired) electrons. The van der Waals surface area contributed by atoms with Crippen molar-refractivity contribution >= 4 is 16.8 Å². The molecule has 1 amide bonds. The zero-order chi connectivity index (χ0) is 20.1. The average molecular weight is 401 g/mol. The molecular formula is C24H23N3O3. The highest BCUT2D eigenvalue weighted by Crippen LogP contribution is 2.69. The maximum absolute atomic E-state index is 12.5. The fraction of sp³-hybridized carbons (Fsp3) is 0.375. The van der Waals surface area contributed by atoms with Crippen molar-refractivity contribution in [3.05, 3.63) is 66.5 Å². The number of carbonyl (C=O) groups is 1. The van der Waals surface area contributed by atoms with E-state index >= 15 is 0 Å². The summed E-state index contributed by atoms with van der Waals surface area (Å²) in [7, 11) is 0. The number of nitrogens with one attached hydrogen (secondary N) is 1. The number of amides is 1. The summed E-state index contributed by atoms with van der Waals surface area (Å²) in [6.45, 7) is 0.842. The normalized spacial score (nSPS) is 25.1. The SMILES string of the molecule is O=C(NC[C@@H]1C[C@@H]2C=C[C@@H]1C21CC1)c1coc(COc2cccc3cccnc23)n1. The minimum atomic E-state index is -0.187. The van der Waals surface area contributed by atoms with E-state index in [2.05, 4.69) is 27.4 Å². The highest BCUT2D eigenvalue weighted by atomic mass is 16.5. The molecular weight excluding hydrogens is 378 g/mol. The first kappa shape index (κ1) is 17.7. The number of oxazole rings is 1. The lowest BCUT2D eigenvalue weighted by Gasteiger charge is -2.19. The molecule has 2 heterocycles. The van der Waals surface area contributed by atoms with Gasteiger partial charge in [0.25, 0.3) is 5.91 Å². The zero-order valence-corrected chi connectivity index (χ0v) is 16.6. The summed E-state index contributed by atoms with van der Waals surface area (Å²) in [4.78, 5) is 21.2. The molecule has 30 heavy (non-hydrogen) atoms. The van der Waals surface area contributed by atoms with E-state index in [1.165, 1.54) is 25.5 Å². The number of rotatable bonds is 6. The number of allylic oxidation sites excluding steroid dienone is 2. The lowest BCUT2D eigenvalue weighted by Crippen LogP contribution is -2.31. The van der Waals surface area contributed by atoms with Crippen LogP contribution in [0.3, 0.4) is 0 Å². The molecule has 1 aromatic carbocycles. The molecule has 0 saturated heterocycles. The van der Waals surface area contributed by atoms with Gasteiger partial charge in [0.05, 0.1) is 0 Å². The summed E-state index contributed by atoms with van der Waals surface area (Å²) < 4.78 is 11.3.